The monoisotopic (exact) mass is 690 g/mol. The molecule has 2 aliphatic rings. The summed E-state index contributed by atoms with van der Waals surface area (Å²) in [5.74, 6) is 0. The summed E-state index contributed by atoms with van der Waals surface area (Å²) in [6.45, 7) is 0. The molecule has 9 aromatic carbocycles. The first-order valence-corrected chi connectivity index (χ1v) is 18.3. The van der Waals surface area contributed by atoms with Gasteiger partial charge in [0.25, 0.3) is 0 Å². The molecule has 0 aromatic heterocycles. The fourth-order valence-electron chi connectivity index (χ4n) is 9.02. The van der Waals surface area contributed by atoms with Crippen LogP contribution in [0.3, 0.4) is 0 Å². The summed E-state index contributed by atoms with van der Waals surface area (Å²) in [4.78, 5) is 1.83. The first-order valence-electron chi connectivity index (χ1n) is 20.8. The van der Waals surface area contributed by atoms with E-state index in [0.29, 0.717) is 11.4 Å². The van der Waals surface area contributed by atoms with Crippen LogP contribution < -0.4 is 4.90 Å². The Kier molecular flexibility index (Phi) is 5.78. The Morgan fingerprint density at radius 2 is 0.889 bits per heavy atom. The van der Waals surface area contributed by atoms with Crippen LogP contribution in [0.4, 0.5) is 17.1 Å². The summed E-state index contributed by atoms with van der Waals surface area (Å²) < 4.78 is 44.2. The van der Waals surface area contributed by atoms with E-state index in [1.807, 2.05) is 53.4 Å². The van der Waals surface area contributed by atoms with Gasteiger partial charge in [0.15, 0.2) is 0 Å². The average molecular weight is 691 g/mol. The Bertz CT molecular complexity index is 3100. The van der Waals surface area contributed by atoms with Crippen LogP contribution in [0.25, 0.3) is 55.3 Å². The predicted octanol–water partition coefficient (Wildman–Crippen LogP) is 14.0. The van der Waals surface area contributed by atoms with Crippen LogP contribution in [-0.2, 0) is 5.41 Å². The molecule has 11 rings (SSSR count). The van der Waals surface area contributed by atoms with Crippen molar-refractivity contribution in [1.82, 2.24) is 0 Å². The molecular weight excluding hydrogens is 651 g/mol. The van der Waals surface area contributed by atoms with Gasteiger partial charge >= 0.3 is 0 Å². The van der Waals surface area contributed by atoms with Crippen LogP contribution >= 0.6 is 0 Å². The number of rotatable bonds is 5. The highest BCUT2D eigenvalue weighted by Crippen LogP contribution is 2.63. The van der Waals surface area contributed by atoms with Gasteiger partial charge in [0.05, 0.1) is 12.3 Å². The smallest absolute Gasteiger partial charge is 0.0726 e. The molecule has 1 spiro atoms. The topological polar surface area (TPSA) is 3.24 Å². The maximum Gasteiger partial charge on any atom is 0.0726 e. The Labute approximate surface area is 323 Å². The van der Waals surface area contributed by atoms with Gasteiger partial charge in [-0.3, -0.25) is 0 Å². The molecule has 2 aliphatic carbocycles. The van der Waals surface area contributed by atoms with Crippen LogP contribution in [0.2, 0.25) is 0 Å². The van der Waals surface area contributed by atoms with Gasteiger partial charge in [-0.15, -0.1) is 0 Å². The molecule has 1 nitrogen and oxygen atoms in total. The van der Waals surface area contributed by atoms with Gasteiger partial charge in [0, 0.05) is 17.1 Å². The number of fused-ring (bicyclic) bond motifs is 11. The van der Waals surface area contributed by atoms with Gasteiger partial charge in [-0.05, 0) is 126 Å². The minimum atomic E-state index is -0.668. The van der Waals surface area contributed by atoms with Crippen molar-refractivity contribution in [3.05, 3.63) is 234 Å². The normalized spacial score (nSPS) is 14.3. The summed E-state index contributed by atoms with van der Waals surface area (Å²) in [7, 11) is 0. The van der Waals surface area contributed by atoms with E-state index < -0.39 is 11.5 Å². The molecule has 0 unspecified atom stereocenters. The lowest BCUT2D eigenvalue weighted by atomic mass is 9.70. The summed E-state index contributed by atoms with van der Waals surface area (Å²) in [6, 6.07) is 62.0. The molecular formula is C53H35N. The SMILES string of the molecule is [2H]c1c([2H])c([2H])c(N(c2ccc(-c3ccccc3)cc2)c2ccc3c(c2)C2(c4ccccc4-c4ccccc42)c2ccc(-c4ccc5ccccc5c4)cc2-3)c([2H])c1[2H]. The average Bonchev–Trinajstić information content (AvgIpc) is 3.76. The van der Waals surface area contributed by atoms with Crippen LogP contribution in [0, 0.1) is 0 Å². The first kappa shape index (κ1) is 25.9. The van der Waals surface area contributed by atoms with Crippen molar-refractivity contribution in [2.45, 2.75) is 5.41 Å². The van der Waals surface area contributed by atoms with Gasteiger partial charge in [-0.2, -0.15) is 0 Å². The van der Waals surface area contributed by atoms with Crippen LogP contribution in [0.15, 0.2) is 212 Å². The van der Waals surface area contributed by atoms with Crippen LogP contribution in [-0.4, -0.2) is 0 Å². The highest BCUT2D eigenvalue weighted by molar-refractivity contribution is 5.98. The highest BCUT2D eigenvalue weighted by Gasteiger charge is 2.51. The van der Waals surface area contributed by atoms with E-state index in [4.69, 9.17) is 4.11 Å². The van der Waals surface area contributed by atoms with Gasteiger partial charge < -0.3 is 4.90 Å². The van der Waals surface area contributed by atoms with Crippen molar-refractivity contribution in [1.29, 1.82) is 0 Å². The quantitative estimate of drug-likeness (QED) is 0.174. The second-order valence-corrected chi connectivity index (χ2v) is 14.1. The fraction of sp³-hybridized carbons (Fsp3) is 0.0189. The van der Waals surface area contributed by atoms with Crippen molar-refractivity contribution < 1.29 is 6.85 Å². The van der Waals surface area contributed by atoms with Crippen molar-refractivity contribution in [2.24, 2.45) is 0 Å². The van der Waals surface area contributed by atoms with Crippen LogP contribution in [0.5, 0.6) is 0 Å². The van der Waals surface area contributed by atoms with E-state index in [2.05, 4.69) is 133 Å². The van der Waals surface area contributed by atoms with Gasteiger partial charge in [-0.25, -0.2) is 0 Å². The van der Waals surface area contributed by atoms with E-state index in [9.17, 15) is 2.74 Å². The number of nitrogens with zero attached hydrogens (tertiary/aromatic N) is 1. The van der Waals surface area contributed by atoms with E-state index in [1.165, 1.54) is 38.6 Å². The van der Waals surface area contributed by atoms with Crippen LogP contribution in [0.1, 0.15) is 29.1 Å². The number of para-hydroxylation sites is 1. The molecule has 1 heteroatoms. The molecule has 0 amide bonds. The Morgan fingerprint density at radius 3 is 1.65 bits per heavy atom. The largest absolute Gasteiger partial charge is 0.310 e. The maximum atomic E-state index is 9.19. The lowest BCUT2D eigenvalue weighted by molar-refractivity contribution is 0.794. The lowest BCUT2D eigenvalue weighted by Gasteiger charge is -2.32. The Morgan fingerprint density at radius 1 is 0.333 bits per heavy atom. The molecule has 0 heterocycles. The molecule has 252 valence electrons. The minimum Gasteiger partial charge on any atom is -0.310 e. The zero-order valence-corrected chi connectivity index (χ0v) is 29.3. The fourth-order valence-corrected chi connectivity index (χ4v) is 9.02. The summed E-state index contributed by atoms with van der Waals surface area (Å²) in [5, 5.41) is 2.39. The third-order valence-electron chi connectivity index (χ3n) is 11.4. The maximum absolute atomic E-state index is 9.19. The summed E-state index contributed by atoms with van der Waals surface area (Å²) >= 11 is 0. The second kappa shape index (κ2) is 12.0. The summed E-state index contributed by atoms with van der Waals surface area (Å²) in [5.41, 5.74) is 14.4. The summed E-state index contributed by atoms with van der Waals surface area (Å²) in [6.07, 6.45) is 0. The Balaban J connectivity index is 1.18. The van der Waals surface area contributed by atoms with Crippen molar-refractivity contribution in [3.63, 3.8) is 0 Å². The number of hydrogen-bond donors (Lipinski definition) is 0. The molecule has 54 heavy (non-hydrogen) atoms. The van der Waals surface area contributed by atoms with Crippen molar-refractivity contribution in [3.8, 4) is 44.5 Å². The van der Waals surface area contributed by atoms with E-state index in [-0.39, 0.29) is 29.9 Å². The third kappa shape index (κ3) is 4.52. The molecule has 0 atom stereocenters. The second-order valence-electron chi connectivity index (χ2n) is 14.1. The highest BCUT2D eigenvalue weighted by atomic mass is 15.1. The molecule has 0 aliphatic heterocycles. The number of benzene rings is 9. The number of hydrogen-bond acceptors (Lipinski definition) is 1. The molecule has 0 saturated carbocycles. The van der Waals surface area contributed by atoms with Gasteiger partial charge in [-0.1, -0.05) is 164 Å². The Hall–Kier alpha value is -6.96. The van der Waals surface area contributed by atoms with Gasteiger partial charge in [0.2, 0.25) is 0 Å². The van der Waals surface area contributed by atoms with Crippen molar-refractivity contribution in [2.75, 3.05) is 4.90 Å². The zero-order valence-electron chi connectivity index (χ0n) is 34.3. The molecule has 0 fully saturated rings. The molecule has 0 radical (unpaired) electrons. The van der Waals surface area contributed by atoms with Gasteiger partial charge in [0.1, 0.15) is 0 Å². The lowest BCUT2D eigenvalue weighted by Crippen LogP contribution is -2.26. The number of anilines is 3. The zero-order chi connectivity index (χ0) is 40.0. The standard InChI is InChI=1S/C53H35N/c1-3-13-36(14-4-1)38-25-28-43(29-26-38)54(42-17-5-2-6-18-42)44-30-31-47-48-34-41(40-24-23-37-15-7-8-16-39(37)33-40)27-32-51(48)53(52(47)35-44)49-21-11-9-19-45(49)46-20-10-12-22-50(46)53/h1-35H/i2D,5D,6D,17D,18D. The predicted molar refractivity (Wildman–Crippen MR) is 226 cm³/mol. The third-order valence-corrected chi connectivity index (χ3v) is 11.4. The molecule has 9 aromatic rings. The van der Waals surface area contributed by atoms with E-state index in [0.717, 1.165) is 38.9 Å². The molecule has 0 saturated heterocycles. The minimum absolute atomic E-state index is 0.0961. The first-order chi connectivity index (χ1) is 28.8. The van der Waals surface area contributed by atoms with E-state index in [1.54, 1.807) is 0 Å². The van der Waals surface area contributed by atoms with E-state index >= 15 is 0 Å². The molecule has 0 bridgehead atoms. The molecule has 0 N–H and O–H groups in total. The van der Waals surface area contributed by atoms with Crippen molar-refractivity contribution >= 4 is 27.8 Å².